The number of carbonyl (C=O) groups excluding carboxylic acids is 1. The van der Waals surface area contributed by atoms with Crippen LogP contribution in [0.5, 0.6) is 0 Å². The van der Waals surface area contributed by atoms with E-state index in [0.717, 1.165) is 12.0 Å². The molecule has 0 unspecified atom stereocenters. The summed E-state index contributed by atoms with van der Waals surface area (Å²) in [6.07, 6.45) is 7.98. The molecule has 0 saturated heterocycles. The Kier molecular flexibility index (Phi) is 6.73. The van der Waals surface area contributed by atoms with Crippen LogP contribution in [0.25, 0.3) is 0 Å². The fourth-order valence-electron chi connectivity index (χ4n) is 1.45. The van der Waals surface area contributed by atoms with Crippen molar-refractivity contribution in [3.05, 3.63) is 36.0 Å². The molecule has 1 aliphatic rings. The van der Waals surface area contributed by atoms with Crippen LogP contribution in [0.2, 0.25) is 0 Å². The third kappa shape index (κ3) is 3.73. The Morgan fingerprint density at radius 1 is 1.21 bits per heavy atom. The predicted molar refractivity (Wildman–Crippen MR) is 62.2 cm³/mol. The van der Waals surface area contributed by atoms with E-state index in [2.05, 4.69) is 6.58 Å². The summed E-state index contributed by atoms with van der Waals surface area (Å²) in [5.41, 5.74) is 2.37. The second-order valence-electron chi connectivity index (χ2n) is 2.97. The van der Waals surface area contributed by atoms with E-state index in [9.17, 15) is 4.79 Å². The topological polar surface area (TPSA) is 17.1 Å². The fourth-order valence-corrected chi connectivity index (χ4v) is 1.45. The summed E-state index contributed by atoms with van der Waals surface area (Å²) in [5, 5.41) is 0. The normalized spacial score (nSPS) is 16.6. The number of carbonyl (C=O) groups is 1. The molecule has 0 saturated carbocycles. The van der Waals surface area contributed by atoms with E-state index in [1.165, 1.54) is 5.57 Å². The van der Waals surface area contributed by atoms with Crippen molar-refractivity contribution in [2.24, 2.45) is 0 Å². The van der Waals surface area contributed by atoms with Crippen LogP contribution in [0.15, 0.2) is 36.0 Å². The molecule has 1 aliphatic carbocycles. The average molecular weight is 192 g/mol. The summed E-state index contributed by atoms with van der Waals surface area (Å²) in [6.45, 7) is 9.70. The van der Waals surface area contributed by atoms with Gasteiger partial charge < -0.3 is 0 Å². The van der Waals surface area contributed by atoms with Crippen molar-refractivity contribution in [3.8, 4) is 0 Å². The van der Waals surface area contributed by atoms with Gasteiger partial charge in [-0.15, -0.1) is 0 Å². The lowest BCUT2D eigenvalue weighted by Crippen LogP contribution is -2.07. The van der Waals surface area contributed by atoms with Crippen LogP contribution in [0.1, 0.15) is 40.0 Å². The summed E-state index contributed by atoms with van der Waals surface area (Å²) in [5.74, 6) is 0.341. The van der Waals surface area contributed by atoms with Crippen LogP contribution in [0.3, 0.4) is 0 Å². The Balaban J connectivity index is 0.000000791. The van der Waals surface area contributed by atoms with E-state index in [0.29, 0.717) is 18.6 Å². The Morgan fingerprint density at radius 3 is 2.36 bits per heavy atom. The minimum absolute atomic E-state index is 0.341. The van der Waals surface area contributed by atoms with E-state index in [4.69, 9.17) is 0 Å². The van der Waals surface area contributed by atoms with E-state index >= 15 is 0 Å². The van der Waals surface area contributed by atoms with Crippen LogP contribution in [-0.4, -0.2) is 5.78 Å². The molecular formula is C13H20O. The number of ketones is 1. The SMILES string of the molecule is C=CC1=C(/C=C\C)CC(=O)CC1.CC. The maximum atomic E-state index is 11.1. The zero-order valence-corrected chi connectivity index (χ0v) is 9.47. The van der Waals surface area contributed by atoms with Gasteiger partial charge in [0.05, 0.1) is 0 Å². The lowest BCUT2D eigenvalue weighted by Gasteiger charge is -2.13. The monoisotopic (exact) mass is 192 g/mol. The molecular weight excluding hydrogens is 172 g/mol. The molecule has 0 aliphatic heterocycles. The van der Waals surface area contributed by atoms with Crippen molar-refractivity contribution in [1.29, 1.82) is 0 Å². The van der Waals surface area contributed by atoms with Gasteiger partial charge in [-0.05, 0) is 24.5 Å². The number of Topliss-reactive ketones (excluding diaryl/α,β-unsaturated/α-hetero) is 1. The van der Waals surface area contributed by atoms with Crippen molar-refractivity contribution < 1.29 is 4.79 Å². The quantitative estimate of drug-likeness (QED) is 0.650. The second kappa shape index (κ2) is 7.31. The van der Waals surface area contributed by atoms with Crippen LogP contribution in [0, 0.1) is 0 Å². The average Bonchev–Trinajstić information content (AvgIpc) is 2.22. The molecule has 0 aromatic heterocycles. The fraction of sp³-hybridized carbons (Fsp3) is 0.462. The Bertz CT molecular complexity index is 256. The van der Waals surface area contributed by atoms with Gasteiger partial charge in [0.2, 0.25) is 0 Å². The van der Waals surface area contributed by atoms with Crippen LogP contribution in [0.4, 0.5) is 0 Å². The molecule has 1 rings (SSSR count). The maximum absolute atomic E-state index is 11.1. The van der Waals surface area contributed by atoms with Gasteiger partial charge >= 0.3 is 0 Å². The number of rotatable bonds is 2. The van der Waals surface area contributed by atoms with Crippen molar-refractivity contribution in [1.82, 2.24) is 0 Å². The zero-order chi connectivity index (χ0) is 11.0. The largest absolute Gasteiger partial charge is 0.299 e. The first-order chi connectivity index (χ1) is 6.77. The summed E-state index contributed by atoms with van der Waals surface area (Å²) in [7, 11) is 0. The van der Waals surface area contributed by atoms with Crippen LogP contribution in [-0.2, 0) is 4.79 Å². The lowest BCUT2D eigenvalue weighted by molar-refractivity contribution is -0.118. The predicted octanol–water partition coefficient (Wildman–Crippen LogP) is 3.82. The highest BCUT2D eigenvalue weighted by Crippen LogP contribution is 2.23. The molecule has 0 fully saturated rings. The zero-order valence-electron chi connectivity index (χ0n) is 9.47. The van der Waals surface area contributed by atoms with E-state index in [1.54, 1.807) is 0 Å². The third-order valence-electron chi connectivity index (χ3n) is 2.09. The Hall–Kier alpha value is -1.11. The number of allylic oxidation sites excluding steroid dienone is 5. The summed E-state index contributed by atoms with van der Waals surface area (Å²) in [4.78, 5) is 11.1. The first-order valence-corrected chi connectivity index (χ1v) is 5.26. The van der Waals surface area contributed by atoms with Gasteiger partial charge in [0.25, 0.3) is 0 Å². The van der Waals surface area contributed by atoms with Gasteiger partial charge in [0.15, 0.2) is 0 Å². The third-order valence-corrected chi connectivity index (χ3v) is 2.09. The Labute approximate surface area is 87.2 Å². The molecule has 0 aromatic rings. The van der Waals surface area contributed by atoms with Gasteiger partial charge in [-0.2, -0.15) is 0 Å². The van der Waals surface area contributed by atoms with Crippen LogP contribution >= 0.6 is 0 Å². The van der Waals surface area contributed by atoms with Crippen molar-refractivity contribution in [2.45, 2.75) is 40.0 Å². The van der Waals surface area contributed by atoms with Gasteiger partial charge in [0, 0.05) is 12.8 Å². The van der Waals surface area contributed by atoms with Gasteiger partial charge in [0.1, 0.15) is 5.78 Å². The van der Waals surface area contributed by atoms with Gasteiger partial charge in [-0.3, -0.25) is 4.79 Å². The summed E-state index contributed by atoms with van der Waals surface area (Å²) in [6, 6.07) is 0. The first-order valence-electron chi connectivity index (χ1n) is 5.26. The van der Waals surface area contributed by atoms with Crippen molar-refractivity contribution in [2.75, 3.05) is 0 Å². The molecule has 1 nitrogen and oxygen atoms in total. The second-order valence-corrected chi connectivity index (χ2v) is 2.97. The highest BCUT2D eigenvalue weighted by Gasteiger charge is 2.13. The molecule has 0 atom stereocenters. The minimum Gasteiger partial charge on any atom is -0.299 e. The molecule has 0 bridgehead atoms. The molecule has 0 N–H and O–H groups in total. The highest BCUT2D eigenvalue weighted by molar-refractivity contribution is 5.83. The Morgan fingerprint density at radius 2 is 1.86 bits per heavy atom. The molecule has 14 heavy (non-hydrogen) atoms. The van der Waals surface area contributed by atoms with Crippen molar-refractivity contribution in [3.63, 3.8) is 0 Å². The van der Waals surface area contributed by atoms with E-state index in [1.807, 2.05) is 39.0 Å². The minimum atomic E-state index is 0.341. The van der Waals surface area contributed by atoms with Gasteiger partial charge in [-0.1, -0.05) is 38.7 Å². The molecule has 0 spiro atoms. The molecule has 78 valence electrons. The lowest BCUT2D eigenvalue weighted by atomic mass is 9.90. The molecule has 1 heteroatoms. The summed E-state index contributed by atoms with van der Waals surface area (Å²) >= 11 is 0. The van der Waals surface area contributed by atoms with Crippen molar-refractivity contribution >= 4 is 5.78 Å². The highest BCUT2D eigenvalue weighted by atomic mass is 16.1. The standard InChI is InChI=1S/C11H14O.C2H6/c1-3-5-10-8-11(12)7-6-9(10)4-2;1-2/h3-5H,2,6-8H2,1H3;1-2H3/b5-3-;. The summed E-state index contributed by atoms with van der Waals surface area (Å²) < 4.78 is 0. The maximum Gasteiger partial charge on any atom is 0.137 e. The van der Waals surface area contributed by atoms with Crippen LogP contribution < -0.4 is 0 Å². The van der Waals surface area contributed by atoms with Gasteiger partial charge in [-0.25, -0.2) is 0 Å². The number of hydrogen-bond donors (Lipinski definition) is 0. The molecule has 0 aromatic carbocycles. The molecule has 0 radical (unpaired) electrons. The first kappa shape index (κ1) is 12.9. The molecule has 0 heterocycles. The molecule has 0 amide bonds. The number of hydrogen-bond acceptors (Lipinski definition) is 1. The van der Waals surface area contributed by atoms with E-state index in [-0.39, 0.29) is 0 Å². The van der Waals surface area contributed by atoms with E-state index < -0.39 is 0 Å². The smallest absolute Gasteiger partial charge is 0.137 e.